The molecule has 0 saturated heterocycles. The summed E-state index contributed by atoms with van der Waals surface area (Å²) in [5, 5.41) is 0. The molecule has 0 amide bonds. The first-order valence-corrected chi connectivity index (χ1v) is 5.32. The Morgan fingerprint density at radius 2 is 0.938 bits per heavy atom. The Hall–Kier alpha value is -1.60. The van der Waals surface area contributed by atoms with Gasteiger partial charge in [0.2, 0.25) is 0 Å². The minimum Gasteiger partial charge on any atom is -0.412 e. The van der Waals surface area contributed by atoms with E-state index in [4.69, 9.17) is 0 Å². The topological polar surface area (TPSA) is 31.5 Å². The molecule has 0 aliphatic carbocycles. The summed E-state index contributed by atoms with van der Waals surface area (Å²) in [5.74, 6) is 0. The van der Waals surface area contributed by atoms with Gasteiger partial charge in [-0.25, -0.2) is 0 Å². The highest BCUT2D eigenvalue weighted by atomic mass is 16.0. The van der Waals surface area contributed by atoms with Gasteiger partial charge < -0.3 is 5.48 Å². The van der Waals surface area contributed by atoms with Gasteiger partial charge in [-0.05, 0) is 11.1 Å². The third-order valence-electron chi connectivity index (χ3n) is 2.99. The van der Waals surface area contributed by atoms with Gasteiger partial charge in [-0.3, -0.25) is 0 Å². The van der Waals surface area contributed by atoms with Gasteiger partial charge in [0.05, 0.1) is 0 Å². The van der Waals surface area contributed by atoms with Crippen LogP contribution < -0.4 is 0 Å². The van der Waals surface area contributed by atoms with E-state index in [1.54, 1.807) is 0 Å². The third-order valence-corrected chi connectivity index (χ3v) is 2.99. The fraction of sp³-hybridized carbons (Fsp3) is 0.200. The van der Waals surface area contributed by atoms with Gasteiger partial charge in [-0.2, -0.15) is 0 Å². The molecule has 0 fully saturated rings. The molecule has 84 valence electrons. The zero-order chi connectivity index (χ0) is 10.7. The van der Waals surface area contributed by atoms with E-state index >= 15 is 0 Å². The van der Waals surface area contributed by atoms with Crippen molar-refractivity contribution < 1.29 is 5.48 Å². The highest BCUT2D eigenvalue weighted by molar-refractivity contribution is 5.36. The predicted molar refractivity (Wildman–Crippen MR) is 68.6 cm³/mol. The lowest BCUT2D eigenvalue weighted by Gasteiger charge is -2.25. The van der Waals surface area contributed by atoms with Gasteiger partial charge in [0.25, 0.3) is 0 Å². The molecule has 0 aromatic heterocycles. The molecule has 0 atom stereocenters. The Labute approximate surface area is 97.1 Å². The van der Waals surface area contributed by atoms with Crippen LogP contribution in [0.25, 0.3) is 0 Å². The van der Waals surface area contributed by atoms with E-state index in [-0.39, 0.29) is 10.9 Å². The Morgan fingerprint density at radius 3 is 1.25 bits per heavy atom. The zero-order valence-electron chi connectivity index (χ0n) is 9.77. The van der Waals surface area contributed by atoms with Crippen molar-refractivity contribution in [3.63, 3.8) is 0 Å². The van der Waals surface area contributed by atoms with Crippen molar-refractivity contribution in [3.8, 4) is 0 Å². The lowest BCUT2D eigenvalue weighted by Crippen LogP contribution is -2.18. The fourth-order valence-corrected chi connectivity index (χ4v) is 1.88. The van der Waals surface area contributed by atoms with Gasteiger partial charge in [0.1, 0.15) is 0 Å². The second-order valence-electron chi connectivity index (χ2n) is 4.36. The van der Waals surface area contributed by atoms with Crippen LogP contribution in [0.5, 0.6) is 0 Å². The average molecular weight is 214 g/mol. The van der Waals surface area contributed by atoms with E-state index in [0.717, 1.165) is 0 Å². The maximum atomic E-state index is 2.26. The van der Waals surface area contributed by atoms with Crippen LogP contribution in [-0.2, 0) is 5.41 Å². The molecule has 0 radical (unpaired) electrons. The summed E-state index contributed by atoms with van der Waals surface area (Å²) in [6.07, 6.45) is 0. The van der Waals surface area contributed by atoms with Crippen LogP contribution in [0, 0.1) is 0 Å². The van der Waals surface area contributed by atoms with Crippen molar-refractivity contribution in [2.24, 2.45) is 0 Å². The van der Waals surface area contributed by atoms with Crippen molar-refractivity contribution in [2.75, 3.05) is 0 Å². The Morgan fingerprint density at radius 1 is 0.625 bits per heavy atom. The van der Waals surface area contributed by atoms with E-state index < -0.39 is 0 Å². The molecule has 0 unspecified atom stereocenters. The first-order valence-electron chi connectivity index (χ1n) is 5.32. The summed E-state index contributed by atoms with van der Waals surface area (Å²) in [6.45, 7) is 4.52. The summed E-state index contributed by atoms with van der Waals surface area (Å²) in [5.41, 5.74) is 2.80. The molecular formula is C15H18O. The minimum absolute atomic E-state index is 0. The molecule has 2 N–H and O–H groups in total. The zero-order valence-corrected chi connectivity index (χ0v) is 9.77. The predicted octanol–water partition coefficient (Wildman–Crippen LogP) is 3.19. The van der Waals surface area contributed by atoms with E-state index in [2.05, 4.69) is 74.5 Å². The van der Waals surface area contributed by atoms with Gasteiger partial charge in [-0.15, -0.1) is 0 Å². The largest absolute Gasteiger partial charge is 0.412 e. The standard InChI is InChI=1S/C15H16.H2O/c1-15(2,13-9-5-3-6-10-13)14-11-7-4-8-12-14;/h3-12H,1-2H3;1H2. The Kier molecular flexibility index (Phi) is 3.86. The highest BCUT2D eigenvalue weighted by Crippen LogP contribution is 2.30. The smallest absolute Gasteiger partial charge is 0.0146 e. The van der Waals surface area contributed by atoms with E-state index in [1.165, 1.54) is 11.1 Å². The van der Waals surface area contributed by atoms with E-state index in [1.807, 2.05) is 0 Å². The van der Waals surface area contributed by atoms with Crippen LogP contribution in [0.4, 0.5) is 0 Å². The lowest BCUT2D eigenvalue weighted by atomic mass is 9.78. The maximum absolute atomic E-state index is 2.26. The Balaban J connectivity index is 0.00000128. The summed E-state index contributed by atoms with van der Waals surface area (Å²) >= 11 is 0. The molecule has 2 rings (SSSR count). The van der Waals surface area contributed by atoms with Crippen LogP contribution in [0.3, 0.4) is 0 Å². The molecule has 0 aliphatic heterocycles. The Bertz CT molecular complexity index is 376. The molecule has 2 aromatic rings. The molecule has 1 nitrogen and oxygen atoms in total. The summed E-state index contributed by atoms with van der Waals surface area (Å²) < 4.78 is 0. The van der Waals surface area contributed by atoms with E-state index in [0.29, 0.717) is 0 Å². The lowest BCUT2D eigenvalue weighted by molar-refractivity contribution is 0.641. The van der Waals surface area contributed by atoms with Crippen LogP contribution >= 0.6 is 0 Å². The van der Waals surface area contributed by atoms with Crippen LogP contribution in [0.2, 0.25) is 0 Å². The molecular weight excluding hydrogens is 196 g/mol. The fourth-order valence-electron chi connectivity index (χ4n) is 1.88. The third kappa shape index (κ3) is 2.31. The molecule has 0 saturated carbocycles. The van der Waals surface area contributed by atoms with Gasteiger partial charge in [0, 0.05) is 5.41 Å². The molecule has 0 heterocycles. The normalized spacial score (nSPS) is 10.6. The van der Waals surface area contributed by atoms with Crippen LogP contribution in [0.15, 0.2) is 60.7 Å². The van der Waals surface area contributed by atoms with Crippen LogP contribution in [-0.4, -0.2) is 5.48 Å². The van der Waals surface area contributed by atoms with Crippen molar-refractivity contribution >= 4 is 0 Å². The summed E-state index contributed by atoms with van der Waals surface area (Å²) in [7, 11) is 0. The van der Waals surface area contributed by atoms with Crippen LogP contribution in [0.1, 0.15) is 25.0 Å². The number of hydrogen-bond donors (Lipinski definition) is 0. The first-order chi connectivity index (χ1) is 7.21. The first kappa shape index (κ1) is 12.5. The highest BCUT2D eigenvalue weighted by Gasteiger charge is 2.21. The molecule has 2 aromatic carbocycles. The molecule has 0 aliphatic rings. The minimum atomic E-state index is 0. The number of rotatable bonds is 2. The monoisotopic (exact) mass is 214 g/mol. The number of benzene rings is 2. The second kappa shape index (κ2) is 4.95. The molecule has 16 heavy (non-hydrogen) atoms. The SMILES string of the molecule is CC(C)(c1ccccc1)c1ccccc1.O. The maximum Gasteiger partial charge on any atom is 0.0146 e. The number of hydrogen-bond acceptors (Lipinski definition) is 0. The molecule has 1 heteroatoms. The quantitative estimate of drug-likeness (QED) is 0.735. The molecule has 0 spiro atoms. The summed E-state index contributed by atoms with van der Waals surface area (Å²) in [4.78, 5) is 0. The van der Waals surface area contributed by atoms with Crippen molar-refractivity contribution in [3.05, 3.63) is 71.8 Å². The average Bonchev–Trinajstić information content (AvgIpc) is 2.31. The molecule has 0 bridgehead atoms. The summed E-state index contributed by atoms with van der Waals surface area (Å²) in [6, 6.07) is 21.3. The second-order valence-corrected chi connectivity index (χ2v) is 4.36. The van der Waals surface area contributed by atoms with Gasteiger partial charge >= 0.3 is 0 Å². The van der Waals surface area contributed by atoms with Gasteiger partial charge in [-0.1, -0.05) is 74.5 Å². The van der Waals surface area contributed by atoms with Crippen molar-refractivity contribution in [2.45, 2.75) is 19.3 Å². The van der Waals surface area contributed by atoms with E-state index in [9.17, 15) is 0 Å². The van der Waals surface area contributed by atoms with Crippen molar-refractivity contribution in [1.82, 2.24) is 0 Å². The van der Waals surface area contributed by atoms with Crippen molar-refractivity contribution in [1.29, 1.82) is 0 Å². The van der Waals surface area contributed by atoms with Gasteiger partial charge in [0.15, 0.2) is 0 Å².